The Kier molecular flexibility index (Phi) is 6.08. The van der Waals surface area contributed by atoms with Gasteiger partial charge in [0.05, 0.1) is 13.2 Å². The van der Waals surface area contributed by atoms with Crippen molar-refractivity contribution in [2.75, 3.05) is 62.3 Å². The Balaban J connectivity index is 1.62. The normalized spacial score (nSPS) is 17.6. The van der Waals surface area contributed by atoms with E-state index in [1.165, 1.54) is 0 Å². The second-order valence-electron chi connectivity index (χ2n) is 7.22. The minimum Gasteiger partial charge on any atom is -0.508 e. The van der Waals surface area contributed by atoms with Crippen molar-refractivity contribution < 1.29 is 14.6 Å². The number of hydrogen-bond donors (Lipinski definition) is 1. The number of phenols is 1. The highest BCUT2D eigenvalue weighted by atomic mass is 16.5. The predicted molar refractivity (Wildman–Crippen MR) is 114 cm³/mol. The van der Waals surface area contributed by atoms with Crippen LogP contribution in [0.2, 0.25) is 0 Å². The van der Waals surface area contributed by atoms with E-state index < -0.39 is 0 Å². The molecule has 0 bridgehead atoms. The van der Waals surface area contributed by atoms with Crippen LogP contribution in [-0.2, 0) is 9.53 Å². The van der Waals surface area contributed by atoms with Crippen molar-refractivity contribution >= 4 is 17.8 Å². The Morgan fingerprint density at radius 2 is 1.67 bits per heavy atom. The molecule has 0 aliphatic carbocycles. The van der Waals surface area contributed by atoms with Gasteiger partial charge >= 0.3 is 0 Å². The van der Waals surface area contributed by atoms with Crippen LogP contribution in [0.1, 0.15) is 6.92 Å². The first kappa shape index (κ1) is 20.1. The standard InChI is InChI=1S/C21H26N6O3/c1-2-4-18(29)25-7-9-26(10-8-25)20-22-19(16-5-3-6-17(28)15-16)23-21(24-20)27-11-13-30-14-12-27/h2-6,15,28H,7-14H2,1H3/b4-2-. The molecule has 2 aliphatic heterocycles. The lowest BCUT2D eigenvalue weighted by Gasteiger charge is -2.35. The van der Waals surface area contributed by atoms with Gasteiger partial charge < -0.3 is 24.5 Å². The summed E-state index contributed by atoms with van der Waals surface area (Å²) in [6, 6.07) is 6.91. The molecule has 9 nitrogen and oxygen atoms in total. The molecule has 1 amide bonds. The molecule has 4 rings (SSSR count). The summed E-state index contributed by atoms with van der Waals surface area (Å²) in [5.41, 5.74) is 0.732. The van der Waals surface area contributed by atoms with Crippen LogP contribution < -0.4 is 9.80 Å². The van der Waals surface area contributed by atoms with Crippen molar-refractivity contribution in [3.63, 3.8) is 0 Å². The molecular formula is C21H26N6O3. The van der Waals surface area contributed by atoms with Crippen molar-refractivity contribution in [2.45, 2.75) is 6.92 Å². The third kappa shape index (κ3) is 4.51. The maximum Gasteiger partial charge on any atom is 0.246 e. The smallest absolute Gasteiger partial charge is 0.246 e. The number of amides is 1. The summed E-state index contributed by atoms with van der Waals surface area (Å²) >= 11 is 0. The van der Waals surface area contributed by atoms with Crippen LogP contribution in [0.25, 0.3) is 11.4 Å². The van der Waals surface area contributed by atoms with Crippen molar-refractivity contribution in [1.82, 2.24) is 19.9 Å². The number of morpholine rings is 1. The lowest BCUT2D eigenvalue weighted by Crippen LogP contribution is -2.49. The van der Waals surface area contributed by atoms with Crippen LogP contribution in [-0.4, -0.2) is 83.3 Å². The first-order valence-electron chi connectivity index (χ1n) is 10.2. The average Bonchev–Trinajstić information content (AvgIpc) is 2.79. The Morgan fingerprint density at radius 1 is 1.00 bits per heavy atom. The maximum absolute atomic E-state index is 12.1. The van der Waals surface area contributed by atoms with Gasteiger partial charge in [0.1, 0.15) is 5.75 Å². The highest BCUT2D eigenvalue weighted by Gasteiger charge is 2.24. The molecule has 1 N–H and O–H groups in total. The van der Waals surface area contributed by atoms with Gasteiger partial charge in [-0.25, -0.2) is 0 Å². The zero-order valence-corrected chi connectivity index (χ0v) is 17.1. The van der Waals surface area contributed by atoms with Gasteiger partial charge in [-0.3, -0.25) is 4.79 Å². The first-order valence-corrected chi connectivity index (χ1v) is 10.2. The summed E-state index contributed by atoms with van der Waals surface area (Å²) in [6.45, 7) is 7.07. The minimum atomic E-state index is 0.0299. The topological polar surface area (TPSA) is 94.9 Å². The van der Waals surface area contributed by atoms with Crippen LogP contribution in [0.4, 0.5) is 11.9 Å². The third-order valence-electron chi connectivity index (χ3n) is 5.19. The molecule has 158 valence electrons. The number of aromatic hydroxyl groups is 1. The van der Waals surface area contributed by atoms with Crippen molar-refractivity contribution in [2.24, 2.45) is 0 Å². The number of aromatic nitrogens is 3. The number of allylic oxidation sites excluding steroid dienone is 1. The largest absolute Gasteiger partial charge is 0.508 e. The van der Waals surface area contributed by atoms with E-state index in [1.54, 1.807) is 30.4 Å². The molecule has 1 aromatic heterocycles. The molecule has 2 saturated heterocycles. The molecule has 2 fully saturated rings. The molecule has 0 saturated carbocycles. The van der Waals surface area contributed by atoms with Crippen molar-refractivity contribution in [1.29, 1.82) is 0 Å². The lowest BCUT2D eigenvalue weighted by atomic mass is 10.2. The Morgan fingerprint density at radius 3 is 2.30 bits per heavy atom. The zero-order chi connectivity index (χ0) is 20.9. The fourth-order valence-electron chi connectivity index (χ4n) is 3.55. The van der Waals surface area contributed by atoms with E-state index >= 15 is 0 Å². The fraction of sp³-hybridized carbons (Fsp3) is 0.429. The lowest BCUT2D eigenvalue weighted by molar-refractivity contribution is -0.126. The summed E-state index contributed by atoms with van der Waals surface area (Å²) in [6.07, 6.45) is 3.35. The Hall–Kier alpha value is -3.20. The molecule has 3 heterocycles. The SMILES string of the molecule is C/C=C\C(=O)N1CCN(c2nc(-c3cccc(O)c3)nc(N3CCOCC3)n2)CC1. The summed E-state index contributed by atoms with van der Waals surface area (Å²) in [7, 11) is 0. The van der Waals surface area contributed by atoms with E-state index in [0.29, 0.717) is 70.2 Å². The number of ether oxygens (including phenoxy) is 1. The number of carbonyl (C=O) groups is 1. The quantitative estimate of drug-likeness (QED) is 0.754. The number of piperazine rings is 1. The van der Waals surface area contributed by atoms with Gasteiger partial charge in [0.15, 0.2) is 5.82 Å². The van der Waals surface area contributed by atoms with Crippen molar-refractivity contribution in [3.8, 4) is 17.1 Å². The molecule has 2 aliphatic rings. The van der Waals surface area contributed by atoms with E-state index in [1.807, 2.05) is 17.9 Å². The van der Waals surface area contributed by atoms with Gasteiger partial charge in [0.2, 0.25) is 17.8 Å². The number of hydrogen-bond acceptors (Lipinski definition) is 8. The molecule has 0 spiro atoms. The van der Waals surface area contributed by atoms with Gasteiger partial charge in [-0.05, 0) is 25.1 Å². The van der Waals surface area contributed by atoms with Crippen LogP contribution in [0.5, 0.6) is 5.75 Å². The van der Waals surface area contributed by atoms with E-state index in [4.69, 9.17) is 9.72 Å². The summed E-state index contributed by atoms with van der Waals surface area (Å²) in [4.78, 5) is 32.2. The van der Waals surface area contributed by atoms with Gasteiger partial charge in [-0.1, -0.05) is 18.2 Å². The number of carbonyl (C=O) groups excluding carboxylic acids is 1. The van der Waals surface area contributed by atoms with Crippen molar-refractivity contribution in [3.05, 3.63) is 36.4 Å². The predicted octanol–water partition coefficient (Wildman–Crippen LogP) is 1.31. The summed E-state index contributed by atoms with van der Waals surface area (Å²) < 4.78 is 5.45. The number of anilines is 2. The first-order chi connectivity index (χ1) is 14.6. The highest BCUT2D eigenvalue weighted by Crippen LogP contribution is 2.25. The maximum atomic E-state index is 12.1. The number of nitrogens with zero attached hydrogens (tertiary/aromatic N) is 6. The molecule has 0 radical (unpaired) electrons. The van der Waals surface area contributed by atoms with Gasteiger partial charge in [0, 0.05) is 44.8 Å². The summed E-state index contributed by atoms with van der Waals surface area (Å²) in [5.74, 6) is 1.91. The second-order valence-corrected chi connectivity index (χ2v) is 7.22. The second kappa shape index (κ2) is 9.08. The molecular weight excluding hydrogens is 384 g/mol. The average molecular weight is 410 g/mol. The van der Waals surface area contributed by atoms with Crippen LogP contribution in [0.3, 0.4) is 0 Å². The summed E-state index contributed by atoms with van der Waals surface area (Å²) in [5, 5.41) is 9.88. The molecule has 0 atom stereocenters. The molecule has 30 heavy (non-hydrogen) atoms. The van der Waals surface area contributed by atoms with Gasteiger partial charge in [-0.15, -0.1) is 0 Å². The zero-order valence-electron chi connectivity index (χ0n) is 17.1. The molecule has 9 heteroatoms. The fourth-order valence-corrected chi connectivity index (χ4v) is 3.55. The van der Waals surface area contributed by atoms with E-state index in [0.717, 1.165) is 5.56 Å². The molecule has 2 aromatic rings. The number of phenolic OH excluding ortho intramolecular Hbond substituents is 1. The number of rotatable bonds is 4. The molecule has 0 unspecified atom stereocenters. The van der Waals surface area contributed by atoms with Crippen LogP contribution >= 0.6 is 0 Å². The third-order valence-corrected chi connectivity index (χ3v) is 5.19. The van der Waals surface area contributed by atoms with Crippen LogP contribution in [0.15, 0.2) is 36.4 Å². The monoisotopic (exact) mass is 410 g/mol. The van der Waals surface area contributed by atoms with E-state index in [9.17, 15) is 9.90 Å². The Bertz CT molecular complexity index is 921. The highest BCUT2D eigenvalue weighted by molar-refractivity contribution is 5.87. The minimum absolute atomic E-state index is 0.0299. The molecule has 1 aromatic carbocycles. The number of benzene rings is 1. The van der Waals surface area contributed by atoms with E-state index in [-0.39, 0.29) is 11.7 Å². The Labute approximate surface area is 175 Å². The van der Waals surface area contributed by atoms with Gasteiger partial charge in [-0.2, -0.15) is 15.0 Å². The van der Waals surface area contributed by atoms with E-state index in [2.05, 4.69) is 19.8 Å². The van der Waals surface area contributed by atoms with Crippen LogP contribution in [0, 0.1) is 0 Å². The van der Waals surface area contributed by atoms with Gasteiger partial charge in [0.25, 0.3) is 0 Å².